The minimum Gasteiger partial charge on any atom is -0.325 e. The van der Waals surface area contributed by atoms with E-state index in [4.69, 9.17) is 5.73 Å². The molecule has 0 aliphatic carbocycles. The maximum atomic E-state index is 5.41. The summed E-state index contributed by atoms with van der Waals surface area (Å²) in [6, 6.07) is 0. The van der Waals surface area contributed by atoms with Gasteiger partial charge in [0.05, 0.1) is 5.69 Å². The van der Waals surface area contributed by atoms with Gasteiger partial charge in [0, 0.05) is 19.3 Å². The Kier molecular flexibility index (Phi) is 2.47. The summed E-state index contributed by atoms with van der Waals surface area (Å²) in [6.45, 7) is 7.83. The zero-order valence-corrected chi connectivity index (χ0v) is 7.91. The lowest BCUT2D eigenvalue weighted by atomic mass is 9.97. The Morgan fingerprint density at radius 3 is 2.58 bits per heavy atom. The number of hydrogen-bond donors (Lipinski definition) is 1. The highest BCUT2D eigenvalue weighted by Crippen LogP contribution is 2.15. The SMILES string of the molecule is CC(C)(C)Cn1cc(CN)nn1. The van der Waals surface area contributed by atoms with Crippen LogP contribution in [0.25, 0.3) is 0 Å². The highest BCUT2D eigenvalue weighted by Gasteiger charge is 2.11. The van der Waals surface area contributed by atoms with E-state index < -0.39 is 0 Å². The zero-order valence-electron chi connectivity index (χ0n) is 7.91. The topological polar surface area (TPSA) is 56.7 Å². The van der Waals surface area contributed by atoms with Crippen LogP contribution in [-0.2, 0) is 13.1 Å². The Morgan fingerprint density at radius 1 is 1.50 bits per heavy atom. The standard InChI is InChI=1S/C8H16N4/c1-8(2,3)6-12-5-7(4-9)10-11-12/h5H,4,6,9H2,1-3H3. The van der Waals surface area contributed by atoms with Gasteiger partial charge in [-0.15, -0.1) is 5.10 Å². The van der Waals surface area contributed by atoms with Crippen molar-refractivity contribution in [2.75, 3.05) is 0 Å². The molecular weight excluding hydrogens is 152 g/mol. The Balaban J connectivity index is 2.64. The molecule has 2 N–H and O–H groups in total. The fourth-order valence-electron chi connectivity index (χ4n) is 0.995. The van der Waals surface area contributed by atoms with Gasteiger partial charge in [-0.25, -0.2) is 0 Å². The third-order valence-electron chi connectivity index (χ3n) is 1.43. The molecule has 1 heterocycles. The van der Waals surface area contributed by atoms with Gasteiger partial charge in [-0.05, 0) is 5.41 Å². The molecule has 0 bridgehead atoms. The second kappa shape index (κ2) is 3.23. The average Bonchev–Trinajstić information content (AvgIpc) is 2.32. The van der Waals surface area contributed by atoms with E-state index in [1.165, 1.54) is 0 Å². The van der Waals surface area contributed by atoms with Gasteiger partial charge in [-0.3, -0.25) is 4.68 Å². The first-order chi connectivity index (χ1) is 5.51. The van der Waals surface area contributed by atoms with Crippen LogP contribution in [0.4, 0.5) is 0 Å². The molecule has 0 radical (unpaired) electrons. The molecule has 0 atom stereocenters. The van der Waals surface area contributed by atoms with E-state index in [-0.39, 0.29) is 5.41 Å². The van der Waals surface area contributed by atoms with Gasteiger partial charge in [0.2, 0.25) is 0 Å². The number of nitrogens with two attached hydrogens (primary N) is 1. The molecule has 0 spiro atoms. The van der Waals surface area contributed by atoms with E-state index in [9.17, 15) is 0 Å². The Hall–Kier alpha value is -0.900. The van der Waals surface area contributed by atoms with Crippen molar-refractivity contribution in [3.8, 4) is 0 Å². The smallest absolute Gasteiger partial charge is 0.0962 e. The van der Waals surface area contributed by atoms with Gasteiger partial charge in [0.25, 0.3) is 0 Å². The predicted octanol–water partition coefficient (Wildman–Crippen LogP) is 0.783. The van der Waals surface area contributed by atoms with Gasteiger partial charge >= 0.3 is 0 Å². The first kappa shape index (κ1) is 9.19. The normalized spacial score (nSPS) is 12.0. The van der Waals surface area contributed by atoms with E-state index in [2.05, 4.69) is 31.1 Å². The maximum absolute atomic E-state index is 5.41. The molecule has 0 amide bonds. The summed E-state index contributed by atoms with van der Waals surface area (Å²) < 4.78 is 1.84. The Bertz CT molecular complexity index is 246. The second-order valence-electron chi connectivity index (χ2n) is 4.17. The maximum Gasteiger partial charge on any atom is 0.0962 e. The van der Waals surface area contributed by atoms with Gasteiger partial charge < -0.3 is 5.73 Å². The molecule has 4 heteroatoms. The van der Waals surface area contributed by atoms with Crippen LogP contribution >= 0.6 is 0 Å². The molecule has 12 heavy (non-hydrogen) atoms. The molecule has 0 fully saturated rings. The lowest BCUT2D eigenvalue weighted by Crippen LogP contribution is -2.15. The quantitative estimate of drug-likeness (QED) is 0.710. The molecule has 0 aromatic carbocycles. The van der Waals surface area contributed by atoms with Crippen molar-refractivity contribution in [1.29, 1.82) is 0 Å². The largest absolute Gasteiger partial charge is 0.325 e. The second-order valence-corrected chi connectivity index (χ2v) is 4.17. The van der Waals surface area contributed by atoms with Crippen LogP contribution in [0.15, 0.2) is 6.20 Å². The Morgan fingerprint density at radius 2 is 2.17 bits per heavy atom. The summed E-state index contributed by atoms with van der Waals surface area (Å²) in [4.78, 5) is 0. The van der Waals surface area contributed by atoms with Crippen LogP contribution < -0.4 is 5.73 Å². The summed E-state index contributed by atoms with van der Waals surface area (Å²) in [5.41, 5.74) is 6.49. The highest BCUT2D eigenvalue weighted by atomic mass is 15.4. The molecule has 0 aliphatic rings. The summed E-state index contributed by atoms with van der Waals surface area (Å²) in [5, 5.41) is 7.87. The van der Waals surface area contributed by atoms with Crippen LogP contribution in [0.1, 0.15) is 26.5 Å². The monoisotopic (exact) mass is 168 g/mol. The van der Waals surface area contributed by atoms with Gasteiger partial charge in [-0.2, -0.15) is 0 Å². The molecule has 0 saturated carbocycles. The fourth-order valence-corrected chi connectivity index (χ4v) is 0.995. The first-order valence-electron chi connectivity index (χ1n) is 4.10. The molecule has 4 nitrogen and oxygen atoms in total. The molecular formula is C8H16N4. The molecule has 0 saturated heterocycles. The van der Waals surface area contributed by atoms with Crippen molar-refractivity contribution in [3.05, 3.63) is 11.9 Å². The van der Waals surface area contributed by atoms with E-state index in [1.54, 1.807) is 0 Å². The number of aromatic nitrogens is 3. The van der Waals surface area contributed by atoms with Crippen LogP contribution in [0.5, 0.6) is 0 Å². The highest BCUT2D eigenvalue weighted by molar-refractivity contribution is 4.90. The average molecular weight is 168 g/mol. The van der Waals surface area contributed by atoms with E-state index >= 15 is 0 Å². The van der Waals surface area contributed by atoms with Crippen molar-refractivity contribution >= 4 is 0 Å². The number of nitrogens with zero attached hydrogens (tertiary/aromatic N) is 3. The molecule has 1 aromatic heterocycles. The summed E-state index contributed by atoms with van der Waals surface area (Å²) >= 11 is 0. The minimum atomic E-state index is 0.236. The summed E-state index contributed by atoms with van der Waals surface area (Å²) in [6.07, 6.45) is 1.89. The van der Waals surface area contributed by atoms with Crippen LogP contribution in [0.3, 0.4) is 0 Å². The third-order valence-corrected chi connectivity index (χ3v) is 1.43. The Labute approximate surface area is 72.8 Å². The first-order valence-corrected chi connectivity index (χ1v) is 4.10. The zero-order chi connectivity index (χ0) is 9.19. The van der Waals surface area contributed by atoms with Gasteiger partial charge in [0.15, 0.2) is 0 Å². The summed E-state index contributed by atoms with van der Waals surface area (Å²) in [7, 11) is 0. The van der Waals surface area contributed by atoms with E-state index in [0.29, 0.717) is 6.54 Å². The third kappa shape index (κ3) is 2.62. The van der Waals surface area contributed by atoms with Crippen LogP contribution in [0, 0.1) is 5.41 Å². The minimum absolute atomic E-state index is 0.236. The van der Waals surface area contributed by atoms with Gasteiger partial charge in [-0.1, -0.05) is 26.0 Å². The molecule has 1 aromatic rings. The van der Waals surface area contributed by atoms with Crippen molar-refractivity contribution in [2.45, 2.75) is 33.9 Å². The van der Waals surface area contributed by atoms with Crippen molar-refractivity contribution in [2.24, 2.45) is 11.1 Å². The van der Waals surface area contributed by atoms with Crippen LogP contribution in [-0.4, -0.2) is 15.0 Å². The van der Waals surface area contributed by atoms with Crippen molar-refractivity contribution < 1.29 is 0 Å². The lowest BCUT2D eigenvalue weighted by molar-refractivity contribution is 0.321. The van der Waals surface area contributed by atoms with Crippen LogP contribution in [0.2, 0.25) is 0 Å². The van der Waals surface area contributed by atoms with E-state index in [1.807, 2.05) is 10.9 Å². The molecule has 1 rings (SSSR count). The molecule has 68 valence electrons. The summed E-state index contributed by atoms with van der Waals surface area (Å²) in [5.74, 6) is 0. The number of hydrogen-bond acceptors (Lipinski definition) is 3. The van der Waals surface area contributed by atoms with E-state index in [0.717, 1.165) is 12.2 Å². The number of rotatable bonds is 2. The van der Waals surface area contributed by atoms with Crippen molar-refractivity contribution in [3.63, 3.8) is 0 Å². The molecule has 0 unspecified atom stereocenters. The van der Waals surface area contributed by atoms with Gasteiger partial charge in [0.1, 0.15) is 0 Å². The fraction of sp³-hybridized carbons (Fsp3) is 0.750. The lowest BCUT2D eigenvalue weighted by Gasteiger charge is -2.16. The van der Waals surface area contributed by atoms with Crippen molar-refractivity contribution in [1.82, 2.24) is 15.0 Å². The predicted molar refractivity (Wildman–Crippen MR) is 47.4 cm³/mol. The molecule has 0 aliphatic heterocycles.